The molecular weight excluding hydrogens is 181 g/mol. The van der Waals surface area contributed by atoms with Crippen LogP contribution in [-0.4, -0.2) is 50.2 Å². The first kappa shape index (κ1) is 10.4. The van der Waals surface area contributed by atoms with E-state index in [0.717, 1.165) is 19.6 Å². The first-order valence-electron chi connectivity index (χ1n) is 5.32. The maximum absolute atomic E-state index is 5.62. The maximum Gasteiger partial charge on any atom is 0.640 e. The summed E-state index contributed by atoms with van der Waals surface area (Å²) in [7, 11) is -0.475. The van der Waals surface area contributed by atoms with Crippen LogP contribution >= 0.6 is 0 Å². The minimum atomic E-state index is -0.475. The highest BCUT2D eigenvalue weighted by atomic mass is 16.7. The molecule has 2 bridgehead atoms. The first-order valence-corrected chi connectivity index (χ1v) is 5.32. The van der Waals surface area contributed by atoms with E-state index < -0.39 is 7.32 Å². The molecule has 0 radical (unpaired) electrons. The highest BCUT2D eigenvalue weighted by molar-refractivity contribution is 6.36. The molecule has 3 aliphatic rings. The Labute approximate surface area is 85.7 Å². The number of rotatable bonds is 0. The molecule has 14 heavy (non-hydrogen) atoms. The van der Waals surface area contributed by atoms with Crippen LogP contribution in [0, 0.1) is 0 Å². The second-order valence-electron chi connectivity index (χ2n) is 4.35. The van der Waals surface area contributed by atoms with Gasteiger partial charge in [0.15, 0.2) is 0 Å². The quantitative estimate of drug-likeness (QED) is 0.532. The van der Waals surface area contributed by atoms with Gasteiger partial charge in [-0.1, -0.05) is 0 Å². The fraction of sp³-hybridized carbons (Fsp3) is 1.00. The van der Waals surface area contributed by atoms with E-state index in [9.17, 15) is 0 Å². The van der Waals surface area contributed by atoms with Crippen LogP contribution in [0.1, 0.15) is 20.8 Å². The van der Waals surface area contributed by atoms with Crippen LogP contribution in [0.4, 0.5) is 0 Å². The van der Waals surface area contributed by atoms with Crippen LogP contribution < -0.4 is 0 Å². The molecule has 0 saturated carbocycles. The molecule has 3 saturated heterocycles. The highest BCUT2D eigenvalue weighted by Crippen LogP contribution is 2.16. The predicted molar refractivity (Wildman–Crippen MR) is 53.8 cm³/mol. The van der Waals surface area contributed by atoms with Crippen molar-refractivity contribution in [2.24, 2.45) is 0 Å². The summed E-state index contributed by atoms with van der Waals surface area (Å²) in [6, 6.07) is 0. The van der Waals surface area contributed by atoms with Gasteiger partial charge in [-0.25, -0.2) is 0 Å². The average Bonchev–Trinajstić information content (AvgIpc) is 1.96. The van der Waals surface area contributed by atoms with Crippen molar-refractivity contribution in [1.82, 2.24) is 4.90 Å². The third kappa shape index (κ3) is 2.48. The van der Waals surface area contributed by atoms with Crippen molar-refractivity contribution in [2.45, 2.75) is 39.1 Å². The highest BCUT2D eigenvalue weighted by Gasteiger charge is 2.36. The predicted octanol–water partition coefficient (Wildman–Crippen LogP) is 0.516. The van der Waals surface area contributed by atoms with E-state index in [4.69, 9.17) is 14.0 Å². The van der Waals surface area contributed by atoms with Crippen molar-refractivity contribution >= 4 is 7.32 Å². The third-order valence-corrected chi connectivity index (χ3v) is 2.58. The second-order valence-corrected chi connectivity index (χ2v) is 4.35. The second kappa shape index (κ2) is 4.19. The molecule has 0 aromatic rings. The Kier molecular flexibility index (Phi) is 3.12. The van der Waals surface area contributed by atoms with Crippen LogP contribution in [0.2, 0.25) is 0 Å². The molecule has 0 amide bonds. The molecule has 0 N–H and O–H groups in total. The lowest BCUT2D eigenvalue weighted by molar-refractivity contribution is -0.0583. The molecule has 0 unspecified atom stereocenters. The summed E-state index contributed by atoms with van der Waals surface area (Å²) in [6.07, 6.45) is 0.542. The molecule has 3 fully saturated rings. The zero-order valence-electron chi connectivity index (χ0n) is 9.10. The molecule has 80 valence electrons. The van der Waals surface area contributed by atoms with Gasteiger partial charge in [-0.05, 0) is 20.8 Å². The van der Waals surface area contributed by atoms with Crippen LogP contribution in [-0.2, 0) is 14.0 Å². The lowest BCUT2D eigenvalue weighted by Crippen LogP contribution is -2.53. The Hall–Kier alpha value is -0.0951. The van der Waals surface area contributed by atoms with Crippen molar-refractivity contribution in [3.8, 4) is 0 Å². The molecule has 0 aromatic carbocycles. The van der Waals surface area contributed by atoms with Gasteiger partial charge in [0.05, 0.1) is 18.3 Å². The molecule has 5 heteroatoms. The van der Waals surface area contributed by atoms with E-state index in [1.807, 2.05) is 0 Å². The van der Waals surface area contributed by atoms with Crippen LogP contribution in [0.25, 0.3) is 0 Å². The molecular formula is C9H18BNO3. The minimum absolute atomic E-state index is 0.181. The standard InChI is InChI=1S/C9H18BNO3/c1-7-4-11-5-8(2)13-10(12-7)14-9(3)6-11/h7-9H,4-6H2,1-3H3/t7-,8-,9+/m0/s1. The van der Waals surface area contributed by atoms with Crippen molar-refractivity contribution in [1.29, 1.82) is 0 Å². The summed E-state index contributed by atoms with van der Waals surface area (Å²) in [5.74, 6) is 0. The zero-order chi connectivity index (χ0) is 10.1. The maximum atomic E-state index is 5.62. The fourth-order valence-electron chi connectivity index (χ4n) is 2.11. The smallest absolute Gasteiger partial charge is 0.382 e. The molecule has 3 heterocycles. The van der Waals surface area contributed by atoms with Crippen molar-refractivity contribution in [3.63, 3.8) is 0 Å². The van der Waals surface area contributed by atoms with Gasteiger partial charge in [0.25, 0.3) is 0 Å². The monoisotopic (exact) mass is 199 g/mol. The normalized spacial score (nSPS) is 44.4. The number of nitrogens with zero attached hydrogens (tertiary/aromatic N) is 1. The van der Waals surface area contributed by atoms with Crippen LogP contribution in [0.3, 0.4) is 0 Å². The van der Waals surface area contributed by atoms with Gasteiger partial charge >= 0.3 is 7.32 Å². The SMILES string of the molecule is C[C@@H]1CN2C[C@H](C)OB(O1)O[C@@H](C)C2. The summed E-state index contributed by atoms with van der Waals surface area (Å²) < 4.78 is 16.9. The van der Waals surface area contributed by atoms with E-state index >= 15 is 0 Å². The van der Waals surface area contributed by atoms with E-state index in [2.05, 4.69) is 25.7 Å². The van der Waals surface area contributed by atoms with Gasteiger partial charge in [0, 0.05) is 19.6 Å². The van der Waals surface area contributed by atoms with E-state index in [0.29, 0.717) is 0 Å². The lowest BCUT2D eigenvalue weighted by Gasteiger charge is -2.38. The largest absolute Gasteiger partial charge is 0.640 e. The van der Waals surface area contributed by atoms with Crippen molar-refractivity contribution < 1.29 is 14.0 Å². The summed E-state index contributed by atoms with van der Waals surface area (Å²) in [6.45, 7) is 9.07. The zero-order valence-corrected chi connectivity index (χ0v) is 9.10. The Balaban J connectivity index is 2.10. The van der Waals surface area contributed by atoms with Gasteiger partial charge in [0.1, 0.15) is 0 Å². The van der Waals surface area contributed by atoms with Gasteiger partial charge < -0.3 is 14.0 Å². The number of hydrogen-bond donors (Lipinski definition) is 0. The van der Waals surface area contributed by atoms with Gasteiger partial charge in [-0.3, -0.25) is 4.90 Å². The van der Waals surface area contributed by atoms with Gasteiger partial charge in [0.2, 0.25) is 0 Å². The Bertz CT molecular complexity index is 153. The minimum Gasteiger partial charge on any atom is -0.382 e. The summed E-state index contributed by atoms with van der Waals surface area (Å²) in [4.78, 5) is 2.34. The first-order chi connectivity index (χ1) is 6.63. The van der Waals surface area contributed by atoms with Crippen LogP contribution in [0.5, 0.6) is 0 Å². The molecule has 0 aliphatic carbocycles. The van der Waals surface area contributed by atoms with Gasteiger partial charge in [-0.2, -0.15) is 0 Å². The molecule has 3 atom stereocenters. The molecule has 0 spiro atoms. The fourth-order valence-corrected chi connectivity index (χ4v) is 2.11. The summed E-state index contributed by atoms with van der Waals surface area (Å²) >= 11 is 0. The van der Waals surface area contributed by atoms with E-state index in [1.165, 1.54) is 0 Å². The Morgan fingerprint density at radius 1 is 0.857 bits per heavy atom. The number of hydrogen-bond acceptors (Lipinski definition) is 4. The molecule has 3 rings (SSSR count). The molecule has 3 aliphatic heterocycles. The molecule has 4 nitrogen and oxygen atoms in total. The van der Waals surface area contributed by atoms with Gasteiger partial charge in [-0.15, -0.1) is 0 Å². The van der Waals surface area contributed by atoms with Crippen LogP contribution in [0.15, 0.2) is 0 Å². The lowest BCUT2D eigenvalue weighted by atomic mass is 10.1. The third-order valence-electron chi connectivity index (χ3n) is 2.58. The number of fused-ring (bicyclic) bond motifs is 6. The van der Waals surface area contributed by atoms with E-state index in [-0.39, 0.29) is 18.3 Å². The topological polar surface area (TPSA) is 30.9 Å². The Morgan fingerprint density at radius 3 is 1.57 bits per heavy atom. The summed E-state index contributed by atoms with van der Waals surface area (Å²) in [5.41, 5.74) is 0. The van der Waals surface area contributed by atoms with E-state index in [1.54, 1.807) is 0 Å². The molecule has 0 aromatic heterocycles. The van der Waals surface area contributed by atoms with Crippen molar-refractivity contribution in [3.05, 3.63) is 0 Å². The van der Waals surface area contributed by atoms with Crippen molar-refractivity contribution in [2.75, 3.05) is 19.6 Å². The summed E-state index contributed by atoms with van der Waals surface area (Å²) in [5, 5.41) is 0. The Morgan fingerprint density at radius 2 is 1.21 bits per heavy atom. The average molecular weight is 199 g/mol.